The molecule has 0 spiro atoms. The van der Waals surface area contributed by atoms with Crippen LogP contribution in [-0.2, 0) is 4.79 Å². The summed E-state index contributed by atoms with van der Waals surface area (Å²) in [5.74, 6) is 0.0568. The molecule has 2 N–H and O–H groups in total. The largest absolute Gasteiger partial charge is 0.321 e. The van der Waals surface area contributed by atoms with Gasteiger partial charge in [-0.1, -0.05) is 60.7 Å². The van der Waals surface area contributed by atoms with E-state index in [1.165, 1.54) is 9.60 Å². The van der Waals surface area contributed by atoms with Crippen molar-refractivity contribution in [1.82, 2.24) is 4.98 Å². The van der Waals surface area contributed by atoms with E-state index in [0.29, 0.717) is 12.6 Å². The standard InChI is InChI=1S/C25H23N3OS/c29-24(26-20-12-5-4-11-19(20)18-9-2-1-3-10-18)17-28-16-8-14-22(28)25-27-21-13-6-7-15-23(21)30-25/h1-7,9-13,15,22H,8,14,16-17H2,(H,26,29)/p+1/t22-/m1/s1. The van der Waals surface area contributed by atoms with Crippen molar-refractivity contribution >= 4 is 33.1 Å². The first-order valence-corrected chi connectivity index (χ1v) is 11.2. The minimum absolute atomic E-state index is 0.0568. The average Bonchev–Trinajstić information content (AvgIpc) is 3.41. The molecule has 1 aromatic heterocycles. The fourth-order valence-corrected chi connectivity index (χ4v) is 5.48. The predicted octanol–water partition coefficient (Wildman–Crippen LogP) is 4.32. The minimum Gasteiger partial charge on any atom is -0.321 e. The highest BCUT2D eigenvalue weighted by molar-refractivity contribution is 7.18. The molecule has 1 fully saturated rings. The van der Waals surface area contributed by atoms with Crippen LogP contribution in [0, 0.1) is 0 Å². The number of hydrogen-bond donors (Lipinski definition) is 2. The lowest BCUT2D eigenvalue weighted by Gasteiger charge is -2.20. The highest BCUT2D eigenvalue weighted by atomic mass is 32.1. The maximum atomic E-state index is 13.0. The molecule has 0 radical (unpaired) electrons. The third-order valence-electron chi connectivity index (χ3n) is 5.77. The van der Waals surface area contributed by atoms with E-state index in [1.807, 2.05) is 42.5 Å². The van der Waals surface area contributed by atoms with Gasteiger partial charge < -0.3 is 10.2 Å². The van der Waals surface area contributed by atoms with Crippen molar-refractivity contribution in [3.8, 4) is 11.1 Å². The number of carbonyl (C=O) groups excluding carboxylic acids is 1. The number of benzene rings is 3. The summed E-state index contributed by atoms with van der Waals surface area (Å²) < 4.78 is 1.22. The van der Waals surface area contributed by atoms with Crippen LogP contribution < -0.4 is 10.2 Å². The fourth-order valence-electron chi connectivity index (χ4n) is 4.32. The molecule has 1 saturated heterocycles. The zero-order valence-corrected chi connectivity index (χ0v) is 17.5. The van der Waals surface area contributed by atoms with Crippen LogP contribution in [-0.4, -0.2) is 24.0 Å². The van der Waals surface area contributed by atoms with E-state index in [2.05, 4.69) is 41.7 Å². The van der Waals surface area contributed by atoms with Crippen LogP contribution in [0.3, 0.4) is 0 Å². The number of fused-ring (bicyclic) bond motifs is 1. The molecule has 3 aromatic carbocycles. The Balaban J connectivity index is 1.32. The third kappa shape index (κ3) is 3.86. The number of carbonyl (C=O) groups is 1. The van der Waals surface area contributed by atoms with Gasteiger partial charge >= 0.3 is 0 Å². The van der Waals surface area contributed by atoms with Crippen molar-refractivity contribution in [2.24, 2.45) is 0 Å². The molecule has 150 valence electrons. The molecule has 0 bridgehead atoms. The summed E-state index contributed by atoms with van der Waals surface area (Å²) in [4.78, 5) is 19.1. The highest BCUT2D eigenvalue weighted by Crippen LogP contribution is 2.29. The lowest BCUT2D eigenvalue weighted by Crippen LogP contribution is -3.11. The van der Waals surface area contributed by atoms with Gasteiger partial charge in [0.1, 0.15) is 6.04 Å². The van der Waals surface area contributed by atoms with Gasteiger partial charge in [-0.15, -0.1) is 11.3 Å². The molecule has 1 aliphatic heterocycles. The molecular weight excluding hydrogens is 390 g/mol. The lowest BCUT2D eigenvalue weighted by atomic mass is 10.0. The Morgan fingerprint density at radius 2 is 1.77 bits per heavy atom. The Hall–Kier alpha value is -3.02. The number of likely N-dealkylation sites (tertiary alicyclic amines) is 1. The molecule has 4 aromatic rings. The lowest BCUT2D eigenvalue weighted by molar-refractivity contribution is -0.910. The van der Waals surface area contributed by atoms with E-state index in [1.54, 1.807) is 11.3 Å². The van der Waals surface area contributed by atoms with E-state index >= 15 is 0 Å². The summed E-state index contributed by atoms with van der Waals surface area (Å²) in [5, 5.41) is 4.31. The molecule has 2 atom stereocenters. The predicted molar refractivity (Wildman–Crippen MR) is 123 cm³/mol. The third-order valence-corrected chi connectivity index (χ3v) is 6.92. The molecule has 5 rings (SSSR count). The molecule has 4 nitrogen and oxygen atoms in total. The average molecular weight is 415 g/mol. The van der Waals surface area contributed by atoms with E-state index in [9.17, 15) is 4.79 Å². The van der Waals surface area contributed by atoms with Crippen LogP contribution in [0.5, 0.6) is 0 Å². The van der Waals surface area contributed by atoms with E-state index in [-0.39, 0.29) is 5.91 Å². The first kappa shape index (κ1) is 19.0. The van der Waals surface area contributed by atoms with Gasteiger partial charge in [-0.3, -0.25) is 4.79 Å². The van der Waals surface area contributed by atoms with Crippen molar-refractivity contribution in [3.05, 3.63) is 83.9 Å². The van der Waals surface area contributed by atoms with Gasteiger partial charge in [-0.25, -0.2) is 4.98 Å². The molecule has 1 aliphatic rings. The second-order valence-electron chi connectivity index (χ2n) is 7.76. The van der Waals surface area contributed by atoms with Gasteiger partial charge in [-0.2, -0.15) is 0 Å². The first-order chi connectivity index (χ1) is 14.8. The Labute approximate surface area is 180 Å². The SMILES string of the molecule is O=C(C[NH+]1CCC[C@@H]1c1nc2ccccc2s1)Nc1ccccc1-c1ccccc1. The summed E-state index contributed by atoms with van der Waals surface area (Å²) in [6.45, 7) is 1.47. The number of aromatic nitrogens is 1. The number of rotatable bonds is 5. The van der Waals surface area contributed by atoms with Gasteiger partial charge in [0.05, 0.1) is 16.8 Å². The summed E-state index contributed by atoms with van der Waals surface area (Å²) >= 11 is 1.77. The Morgan fingerprint density at radius 1 is 1.00 bits per heavy atom. The normalized spacial score (nSPS) is 18.5. The number of thiazole rings is 1. The van der Waals surface area contributed by atoms with Crippen molar-refractivity contribution in [2.45, 2.75) is 18.9 Å². The number of amides is 1. The summed E-state index contributed by atoms with van der Waals surface area (Å²) in [5.41, 5.74) is 4.08. The summed E-state index contributed by atoms with van der Waals surface area (Å²) in [7, 11) is 0. The molecular formula is C25H24N3OS+. The molecule has 1 unspecified atom stereocenters. The number of nitrogens with one attached hydrogen (secondary N) is 2. The zero-order chi connectivity index (χ0) is 20.3. The van der Waals surface area contributed by atoms with Crippen LogP contribution in [0.15, 0.2) is 78.9 Å². The Bertz CT molecular complexity index is 1140. The first-order valence-electron chi connectivity index (χ1n) is 10.4. The van der Waals surface area contributed by atoms with E-state index < -0.39 is 0 Å². The van der Waals surface area contributed by atoms with Crippen LogP contribution in [0.1, 0.15) is 23.9 Å². The van der Waals surface area contributed by atoms with Crippen LogP contribution in [0.2, 0.25) is 0 Å². The van der Waals surface area contributed by atoms with Gasteiger partial charge in [0, 0.05) is 24.1 Å². The van der Waals surface area contributed by atoms with Crippen molar-refractivity contribution < 1.29 is 9.69 Å². The van der Waals surface area contributed by atoms with Crippen LogP contribution in [0.4, 0.5) is 5.69 Å². The smallest absolute Gasteiger partial charge is 0.279 e. The number of hydrogen-bond acceptors (Lipinski definition) is 3. The van der Waals surface area contributed by atoms with Crippen molar-refractivity contribution in [2.75, 3.05) is 18.4 Å². The zero-order valence-electron chi connectivity index (χ0n) is 16.7. The maximum absolute atomic E-state index is 13.0. The maximum Gasteiger partial charge on any atom is 0.279 e. The molecule has 30 heavy (non-hydrogen) atoms. The molecule has 0 aliphatic carbocycles. The highest BCUT2D eigenvalue weighted by Gasteiger charge is 2.34. The van der Waals surface area contributed by atoms with Crippen molar-refractivity contribution in [1.29, 1.82) is 0 Å². The molecule has 2 heterocycles. The Kier molecular flexibility index (Phi) is 5.30. The molecule has 0 saturated carbocycles. The second-order valence-corrected chi connectivity index (χ2v) is 8.82. The minimum atomic E-state index is 0.0568. The quantitative estimate of drug-likeness (QED) is 0.511. The molecule has 5 heteroatoms. The number of anilines is 1. The van der Waals surface area contributed by atoms with E-state index in [4.69, 9.17) is 4.98 Å². The summed E-state index contributed by atoms with van der Waals surface area (Å²) in [6, 6.07) is 26.8. The second kappa shape index (κ2) is 8.38. The monoisotopic (exact) mass is 414 g/mol. The van der Waals surface area contributed by atoms with Gasteiger partial charge in [0.15, 0.2) is 11.6 Å². The molecule has 1 amide bonds. The van der Waals surface area contributed by atoms with Gasteiger partial charge in [0.25, 0.3) is 5.91 Å². The number of nitrogens with zero attached hydrogens (tertiary/aromatic N) is 1. The summed E-state index contributed by atoms with van der Waals surface area (Å²) in [6.07, 6.45) is 2.22. The van der Waals surface area contributed by atoms with Crippen LogP contribution in [0.25, 0.3) is 21.3 Å². The van der Waals surface area contributed by atoms with Crippen LogP contribution >= 0.6 is 11.3 Å². The number of quaternary nitrogens is 1. The van der Waals surface area contributed by atoms with E-state index in [0.717, 1.165) is 46.7 Å². The van der Waals surface area contributed by atoms with Gasteiger partial charge in [-0.05, 0) is 23.8 Å². The van der Waals surface area contributed by atoms with Gasteiger partial charge in [0.2, 0.25) is 0 Å². The van der Waals surface area contributed by atoms with Crippen molar-refractivity contribution in [3.63, 3.8) is 0 Å². The number of para-hydroxylation sites is 2. The fraction of sp³-hybridized carbons (Fsp3) is 0.200. The topological polar surface area (TPSA) is 46.4 Å². The Morgan fingerprint density at radius 3 is 2.63 bits per heavy atom.